The Morgan fingerprint density at radius 1 is 1.12 bits per heavy atom. The molecule has 0 saturated carbocycles. The molecule has 2 heterocycles. The van der Waals surface area contributed by atoms with Gasteiger partial charge in [-0.15, -0.1) is 0 Å². The minimum absolute atomic E-state index is 0.917. The molecule has 0 unspecified atom stereocenters. The van der Waals surface area contributed by atoms with Crippen LogP contribution in [0, 0.1) is 6.92 Å². The normalized spacial score (nSPS) is 10.9. The number of hydrogen-bond acceptors (Lipinski definition) is 1. The molecule has 0 N–H and O–H groups in total. The first-order valence-electron chi connectivity index (χ1n) is 5.78. The van der Waals surface area contributed by atoms with Gasteiger partial charge < -0.3 is 4.57 Å². The van der Waals surface area contributed by atoms with E-state index in [2.05, 4.69) is 52.9 Å². The summed E-state index contributed by atoms with van der Waals surface area (Å²) in [5.74, 6) is 0. The maximum absolute atomic E-state index is 4.16. The number of fused-ring (bicyclic) bond motifs is 1. The van der Waals surface area contributed by atoms with E-state index in [1.807, 2.05) is 18.5 Å². The van der Waals surface area contributed by atoms with Crippen LogP contribution in [-0.2, 0) is 6.54 Å². The Morgan fingerprint density at radius 2 is 1.94 bits per heavy atom. The molecule has 0 saturated heterocycles. The highest BCUT2D eigenvalue weighted by molar-refractivity contribution is 5.80. The van der Waals surface area contributed by atoms with Gasteiger partial charge in [0, 0.05) is 30.0 Å². The van der Waals surface area contributed by atoms with Gasteiger partial charge in [-0.3, -0.25) is 4.98 Å². The molecule has 0 amide bonds. The third-order valence-electron chi connectivity index (χ3n) is 3.09. The van der Waals surface area contributed by atoms with Crippen molar-refractivity contribution in [1.82, 2.24) is 9.55 Å². The average Bonchev–Trinajstić information content (AvgIpc) is 2.68. The highest BCUT2D eigenvalue weighted by Crippen LogP contribution is 2.19. The van der Waals surface area contributed by atoms with Crippen LogP contribution >= 0.6 is 0 Å². The van der Waals surface area contributed by atoms with Crippen molar-refractivity contribution < 1.29 is 0 Å². The van der Waals surface area contributed by atoms with Gasteiger partial charge in [0.25, 0.3) is 0 Å². The molecule has 0 aliphatic rings. The number of aryl methyl sites for hydroxylation is 1. The maximum Gasteiger partial charge on any atom is 0.0516 e. The van der Waals surface area contributed by atoms with Crippen LogP contribution < -0.4 is 0 Å². The maximum atomic E-state index is 4.16. The Balaban J connectivity index is 2.08. The molecule has 0 aliphatic heterocycles. The second kappa shape index (κ2) is 4.06. The molecule has 0 atom stereocenters. The number of aromatic nitrogens is 2. The van der Waals surface area contributed by atoms with Crippen LogP contribution in [0.3, 0.4) is 0 Å². The lowest BCUT2D eigenvalue weighted by atomic mass is 10.2. The molecule has 0 radical (unpaired) electrons. The zero-order valence-electron chi connectivity index (χ0n) is 9.80. The molecular formula is C15H14N2. The molecule has 0 bridgehead atoms. The van der Waals surface area contributed by atoms with Gasteiger partial charge >= 0.3 is 0 Å². The van der Waals surface area contributed by atoms with Crippen molar-refractivity contribution in [3.8, 4) is 0 Å². The van der Waals surface area contributed by atoms with Crippen molar-refractivity contribution >= 4 is 10.9 Å². The quantitative estimate of drug-likeness (QED) is 0.650. The number of benzene rings is 1. The highest BCUT2D eigenvalue weighted by Gasteiger charge is 2.05. The van der Waals surface area contributed by atoms with Crippen molar-refractivity contribution in [3.63, 3.8) is 0 Å². The molecular weight excluding hydrogens is 208 g/mol. The smallest absolute Gasteiger partial charge is 0.0516 e. The Morgan fingerprint density at radius 3 is 2.76 bits per heavy atom. The summed E-state index contributed by atoms with van der Waals surface area (Å²) in [6, 6.07) is 14.8. The standard InChI is InChI=1S/C15H14N2/c1-12-9-14-10-16-8-7-15(14)17(12)11-13-5-3-2-4-6-13/h2-10H,11H2,1H3. The fourth-order valence-corrected chi connectivity index (χ4v) is 2.23. The Bertz CT molecular complexity index is 638. The van der Waals surface area contributed by atoms with Crippen LogP contribution in [0.25, 0.3) is 10.9 Å². The third-order valence-corrected chi connectivity index (χ3v) is 3.09. The molecule has 2 aromatic heterocycles. The minimum atomic E-state index is 0.917. The van der Waals surface area contributed by atoms with Crippen LogP contribution in [0.1, 0.15) is 11.3 Å². The van der Waals surface area contributed by atoms with E-state index < -0.39 is 0 Å². The predicted molar refractivity (Wildman–Crippen MR) is 70.0 cm³/mol. The van der Waals surface area contributed by atoms with Gasteiger partial charge in [-0.1, -0.05) is 30.3 Å². The van der Waals surface area contributed by atoms with E-state index in [9.17, 15) is 0 Å². The van der Waals surface area contributed by atoms with E-state index in [0.29, 0.717) is 0 Å². The summed E-state index contributed by atoms with van der Waals surface area (Å²) in [5.41, 5.74) is 3.85. The lowest BCUT2D eigenvalue weighted by Gasteiger charge is -2.08. The molecule has 0 fully saturated rings. The van der Waals surface area contributed by atoms with Crippen molar-refractivity contribution in [3.05, 3.63) is 66.1 Å². The summed E-state index contributed by atoms with van der Waals surface area (Å²) in [6.07, 6.45) is 3.77. The average molecular weight is 222 g/mol. The first-order chi connectivity index (χ1) is 8.34. The first-order valence-corrected chi connectivity index (χ1v) is 5.78. The van der Waals surface area contributed by atoms with E-state index in [-0.39, 0.29) is 0 Å². The zero-order valence-corrected chi connectivity index (χ0v) is 9.80. The molecule has 1 aromatic carbocycles. The fraction of sp³-hybridized carbons (Fsp3) is 0.133. The summed E-state index contributed by atoms with van der Waals surface area (Å²) in [4.78, 5) is 4.16. The van der Waals surface area contributed by atoms with Crippen LogP contribution in [0.2, 0.25) is 0 Å². The predicted octanol–water partition coefficient (Wildman–Crippen LogP) is 3.39. The second-order valence-corrected chi connectivity index (χ2v) is 4.29. The SMILES string of the molecule is Cc1cc2cnccc2n1Cc1ccccc1. The molecule has 2 heteroatoms. The minimum Gasteiger partial charge on any atom is -0.340 e. The highest BCUT2D eigenvalue weighted by atomic mass is 15.0. The molecule has 3 aromatic rings. The van der Waals surface area contributed by atoms with Crippen LogP contribution in [-0.4, -0.2) is 9.55 Å². The Kier molecular flexibility index (Phi) is 2.41. The first kappa shape index (κ1) is 10.1. The van der Waals surface area contributed by atoms with Gasteiger partial charge in [0.1, 0.15) is 0 Å². The fourth-order valence-electron chi connectivity index (χ4n) is 2.23. The van der Waals surface area contributed by atoms with Gasteiger partial charge in [0.2, 0.25) is 0 Å². The van der Waals surface area contributed by atoms with E-state index in [1.54, 1.807) is 0 Å². The van der Waals surface area contributed by atoms with E-state index in [0.717, 1.165) is 6.54 Å². The number of rotatable bonds is 2. The van der Waals surface area contributed by atoms with E-state index in [4.69, 9.17) is 0 Å². The van der Waals surface area contributed by atoms with Crippen molar-refractivity contribution in [2.45, 2.75) is 13.5 Å². The Hall–Kier alpha value is -2.09. The summed E-state index contributed by atoms with van der Waals surface area (Å²) >= 11 is 0. The Labute approximate surface area is 101 Å². The summed E-state index contributed by atoms with van der Waals surface area (Å²) in [5, 5.41) is 1.21. The largest absolute Gasteiger partial charge is 0.340 e. The van der Waals surface area contributed by atoms with Gasteiger partial charge in [-0.05, 0) is 24.6 Å². The third kappa shape index (κ3) is 1.82. The summed E-state index contributed by atoms with van der Waals surface area (Å²) in [7, 11) is 0. The van der Waals surface area contributed by atoms with E-state index in [1.165, 1.54) is 22.2 Å². The number of hydrogen-bond donors (Lipinski definition) is 0. The van der Waals surface area contributed by atoms with Crippen molar-refractivity contribution in [2.75, 3.05) is 0 Å². The molecule has 3 rings (SSSR count). The van der Waals surface area contributed by atoms with Crippen LogP contribution in [0.5, 0.6) is 0 Å². The van der Waals surface area contributed by atoms with Crippen molar-refractivity contribution in [2.24, 2.45) is 0 Å². The number of pyridine rings is 1. The second-order valence-electron chi connectivity index (χ2n) is 4.29. The van der Waals surface area contributed by atoms with Crippen molar-refractivity contribution in [1.29, 1.82) is 0 Å². The summed E-state index contributed by atoms with van der Waals surface area (Å²) in [6.45, 7) is 3.06. The lowest BCUT2D eigenvalue weighted by Crippen LogP contribution is -2.00. The number of nitrogens with zero attached hydrogens (tertiary/aromatic N) is 2. The molecule has 17 heavy (non-hydrogen) atoms. The van der Waals surface area contributed by atoms with Gasteiger partial charge in [-0.2, -0.15) is 0 Å². The molecule has 0 aliphatic carbocycles. The topological polar surface area (TPSA) is 17.8 Å². The van der Waals surface area contributed by atoms with Gasteiger partial charge in [0.05, 0.1) is 5.52 Å². The zero-order chi connectivity index (χ0) is 11.7. The lowest BCUT2D eigenvalue weighted by molar-refractivity contribution is 0.805. The van der Waals surface area contributed by atoms with Crippen LogP contribution in [0.4, 0.5) is 0 Å². The van der Waals surface area contributed by atoms with Crippen LogP contribution in [0.15, 0.2) is 54.9 Å². The van der Waals surface area contributed by atoms with Gasteiger partial charge in [0.15, 0.2) is 0 Å². The van der Waals surface area contributed by atoms with E-state index >= 15 is 0 Å². The molecule has 2 nitrogen and oxygen atoms in total. The summed E-state index contributed by atoms with van der Waals surface area (Å²) < 4.78 is 2.33. The van der Waals surface area contributed by atoms with Gasteiger partial charge in [-0.25, -0.2) is 0 Å². The molecule has 0 spiro atoms. The molecule has 84 valence electrons. The monoisotopic (exact) mass is 222 g/mol.